The van der Waals surface area contributed by atoms with Gasteiger partial charge in [-0.2, -0.15) is 5.10 Å². The number of carbonyl (C=O) groups is 2. The molecule has 0 bridgehead atoms. The number of thiazole rings is 1. The summed E-state index contributed by atoms with van der Waals surface area (Å²) in [7, 11) is 1.76. The van der Waals surface area contributed by atoms with E-state index in [-0.39, 0.29) is 17.6 Å². The van der Waals surface area contributed by atoms with Crippen molar-refractivity contribution < 1.29 is 14.7 Å². The molecule has 21 heavy (non-hydrogen) atoms. The maximum absolute atomic E-state index is 12.3. The number of nitrogens with zero attached hydrogens (tertiary/aromatic N) is 3. The molecule has 1 atom stereocenters. The van der Waals surface area contributed by atoms with Gasteiger partial charge >= 0.3 is 5.97 Å². The topological polar surface area (TPSA) is 97.1 Å². The Balaban J connectivity index is 2.12. The van der Waals surface area contributed by atoms with E-state index in [1.54, 1.807) is 24.9 Å². The van der Waals surface area contributed by atoms with E-state index in [2.05, 4.69) is 15.4 Å². The van der Waals surface area contributed by atoms with Crippen molar-refractivity contribution in [2.24, 2.45) is 7.05 Å². The molecule has 0 fully saturated rings. The highest BCUT2D eigenvalue weighted by molar-refractivity contribution is 7.09. The van der Waals surface area contributed by atoms with Crippen molar-refractivity contribution in [1.29, 1.82) is 0 Å². The molecule has 2 heterocycles. The van der Waals surface area contributed by atoms with E-state index in [1.807, 2.05) is 6.92 Å². The number of amides is 1. The number of aryl methyl sites for hydroxylation is 2. The number of hydrogen-bond donors (Lipinski definition) is 2. The molecule has 2 N–H and O–H groups in total. The van der Waals surface area contributed by atoms with E-state index < -0.39 is 5.97 Å². The summed E-state index contributed by atoms with van der Waals surface area (Å²) in [5.41, 5.74) is 1.25. The fourth-order valence-electron chi connectivity index (χ4n) is 1.91. The predicted octanol–water partition coefficient (Wildman–Crippen LogP) is 1.63. The molecule has 0 saturated heterocycles. The van der Waals surface area contributed by atoms with E-state index >= 15 is 0 Å². The quantitative estimate of drug-likeness (QED) is 0.875. The first-order chi connectivity index (χ1) is 9.92. The average molecular weight is 308 g/mol. The third kappa shape index (κ3) is 3.27. The van der Waals surface area contributed by atoms with Gasteiger partial charge in [-0.25, -0.2) is 9.78 Å². The maximum atomic E-state index is 12.3. The van der Waals surface area contributed by atoms with E-state index in [0.717, 1.165) is 5.69 Å². The van der Waals surface area contributed by atoms with Crippen LogP contribution in [0.4, 0.5) is 0 Å². The van der Waals surface area contributed by atoms with Gasteiger partial charge in [-0.15, -0.1) is 11.3 Å². The van der Waals surface area contributed by atoms with Gasteiger partial charge in [-0.05, 0) is 13.3 Å². The van der Waals surface area contributed by atoms with Crippen LogP contribution in [0.2, 0.25) is 0 Å². The summed E-state index contributed by atoms with van der Waals surface area (Å²) in [4.78, 5) is 27.1. The van der Waals surface area contributed by atoms with E-state index in [9.17, 15) is 9.59 Å². The lowest BCUT2D eigenvalue weighted by atomic mass is 10.2. The van der Waals surface area contributed by atoms with Gasteiger partial charge in [-0.1, -0.05) is 6.92 Å². The van der Waals surface area contributed by atoms with Crippen LogP contribution in [0.1, 0.15) is 51.4 Å². The molecule has 112 valence electrons. The SMILES string of the molecule is CCc1nn(C)cc1C(=O)NC(C)c1nc(C(=O)O)cs1. The molecule has 1 unspecified atom stereocenters. The smallest absolute Gasteiger partial charge is 0.355 e. The van der Waals surface area contributed by atoms with Crippen molar-refractivity contribution >= 4 is 23.2 Å². The highest BCUT2D eigenvalue weighted by Crippen LogP contribution is 2.19. The monoisotopic (exact) mass is 308 g/mol. The van der Waals surface area contributed by atoms with Crippen molar-refractivity contribution in [3.8, 4) is 0 Å². The molecule has 0 aliphatic rings. The molecule has 0 aromatic carbocycles. The van der Waals surface area contributed by atoms with Gasteiger partial charge in [0.25, 0.3) is 5.91 Å². The van der Waals surface area contributed by atoms with Crippen molar-refractivity contribution in [1.82, 2.24) is 20.1 Å². The number of aromatic carboxylic acids is 1. The number of hydrogen-bond acceptors (Lipinski definition) is 5. The zero-order valence-corrected chi connectivity index (χ0v) is 12.8. The summed E-state index contributed by atoms with van der Waals surface area (Å²) >= 11 is 1.21. The molecule has 7 nitrogen and oxygen atoms in total. The maximum Gasteiger partial charge on any atom is 0.355 e. The Labute approximate surface area is 125 Å². The van der Waals surface area contributed by atoms with Crippen molar-refractivity contribution in [2.45, 2.75) is 26.3 Å². The summed E-state index contributed by atoms with van der Waals surface area (Å²) in [5.74, 6) is -1.31. The van der Waals surface area contributed by atoms with Gasteiger partial charge in [0.2, 0.25) is 0 Å². The average Bonchev–Trinajstić information content (AvgIpc) is 3.04. The molecule has 1 amide bonds. The Kier molecular flexibility index (Phi) is 4.37. The van der Waals surface area contributed by atoms with Crippen LogP contribution < -0.4 is 5.32 Å². The number of rotatable bonds is 5. The summed E-state index contributed by atoms with van der Waals surface area (Å²) in [6.45, 7) is 3.70. The van der Waals surface area contributed by atoms with Crippen molar-refractivity contribution in [3.05, 3.63) is 33.5 Å². The Morgan fingerprint density at radius 1 is 1.52 bits per heavy atom. The lowest BCUT2D eigenvalue weighted by Gasteiger charge is -2.10. The number of carboxylic acid groups (broad SMARTS) is 1. The molecule has 2 rings (SSSR count). The van der Waals surface area contributed by atoms with Gasteiger partial charge in [0.15, 0.2) is 5.69 Å². The first-order valence-electron chi connectivity index (χ1n) is 6.44. The van der Waals surface area contributed by atoms with E-state index in [1.165, 1.54) is 16.7 Å². The van der Waals surface area contributed by atoms with Crippen LogP contribution in [0.15, 0.2) is 11.6 Å². The third-order valence-electron chi connectivity index (χ3n) is 2.94. The Morgan fingerprint density at radius 2 is 2.24 bits per heavy atom. The van der Waals surface area contributed by atoms with Gasteiger partial charge in [-0.3, -0.25) is 9.48 Å². The van der Waals surface area contributed by atoms with Gasteiger partial charge < -0.3 is 10.4 Å². The zero-order valence-electron chi connectivity index (χ0n) is 12.0. The Morgan fingerprint density at radius 3 is 2.81 bits per heavy atom. The highest BCUT2D eigenvalue weighted by Gasteiger charge is 2.19. The molecule has 2 aromatic heterocycles. The fourth-order valence-corrected chi connectivity index (χ4v) is 2.71. The van der Waals surface area contributed by atoms with Crippen LogP contribution in [0, 0.1) is 0 Å². The summed E-state index contributed by atoms with van der Waals surface area (Å²) < 4.78 is 1.60. The normalized spacial score (nSPS) is 12.1. The second-order valence-corrected chi connectivity index (χ2v) is 5.48. The molecule has 0 aliphatic heterocycles. The van der Waals surface area contributed by atoms with Crippen LogP contribution in [-0.2, 0) is 13.5 Å². The molecule has 0 radical (unpaired) electrons. The van der Waals surface area contributed by atoms with E-state index in [4.69, 9.17) is 5.11 Å². The molecular weight excluding hydrogens is 292 g/mol. The fraction of sp³-hybridized carbons (Fsp3) is 0.385. The zero-order chi connectivity index (χ0) is 15.6. The van der Waals surface area contributed by atoms with Crippen LogP contribution in [0.25, 0.3) is 0 Å². The highest BCUT2D eigenvalue weighted by atomic mass is 32.1. The standard InChI is InChI=1S/C13H16N4O3S/c1-4-9-8(5-17(3)16-9)11(18)14-7(2)12-15-10(6-21-12)13(19)20/h5-7H,4H2,1-3H3,(H,14,18)(H,19,20). The predicted molar refractivity (Wildman–Crippen MR) is 77.5 cm³/mol. The Hall–Kier alpha value is -2.22. The lowest BCUT2D eigenvalue weighted by molar-refractivity contribution is 0.0691. The number of nitrogens with one attached hydrogen (secondary N) is 1. The van der Waals surface area contributed by atoms with E-state index in [0.29, 0.717) is 17.0 Å². The molecule has 0 aliphatic carbocycles. The third-order valence-corrected chi connectivity index (χ3v) is 3.97. The number of carboxylic acids is 1. The number of aromatic nitrogens is 3. The molecule has 8 heteroatoms. The van der Waals surface area contributed by atoms with Gasteiger partial charge in [0.05, 0.1) is 17.3 Å². The summed E-state index contributed by atoms with van der Waals surface area (Å²) in [5, 5.41) is 17.9. The first-order valence-corrected chi connectivity index (χ1v) is 7.32. The Bertz CT molecular complexity index is 677. The molecule has 0 spiro atoms. The lowest BCUT2D eigenvalue weighted by Crippen LogP contribution is -2.27. The van der Waals surface area contributed by atoms with Gasteiger partial charge in [0.1, 0.15) is 5.01 Å². The summed E-state index contributed by atoms with van der Waals surface area (Å²) in [6, 6.07) is -0.361. The van der Waals surface area contributed by atoms with Crippen LogP contribution in [0.3, 0.4) is 0 Å². The minimum atomic E-state index is -1.07. The molecular formula is C13H16N4O3S. The summed E-state index contributed by atoms with van der Waals surface area (Å²) in [6.07, 6.45) is 2.34. The van der Waals surface area contributed by atoms with Crippen molar-refractivity contribution in [2.75, 3.05) is 0 Å². The number of carbonyl (C=O) groups excluding carboxylic acids is 1. The van der Waals surface area contributed by atoms with Gasteiger partial charge in [0, 0.05) is 18.6 Å². The van der Waals surface area contributed by atoms with Crippen molar-refractivity contribution in [3.63, 3.8) is 0 Å². The second-order valence-electron chi connectivity index (χ2n) is 4.59. The van der Waals surface area contributed by atoms with Crippen LogP contribution in [0.5, 0.6) is 0 Å². The minimum Gasteiger partial charge on any atom is -0.476 e. The molecule has 0 saturated carbocycles. The second kappa shape index (κ2) is 6.04. The van der Waals surface area contributed by atoms with Crippen LogP contribution in [-0.4, -0.2) is 31.7 Å². The minimum absolute atomic E-state index is 0.00766. The van der Waals surface area contributed by atoms with Crippen LogP contribution >= 0.6 is 11.3 Å². The first kappa shape index (κ1) is 15.2. The largest absolute Gasteiger partial charge is 0.476 e. The molecule has 2 aromatic rings.